The van der Waals surface area contributed by atoms with E-state index >= 15 is 0 Å². The Balaban J connectivity index is 1.82. The molecule has 1 aromatic heterocycles. The Kier molecular flexibility index (Phi) is 7.69. The summed E-state index contributed by atoms with van der Waals surface area (Å²) in [6, 6.07) is 7.61. The highest BCUT2D eigenvalue weighted by Crippen LogP contribution is 2.43. The third-order valence-electron chi connectivity index (χ3n) is 5.07. The molecule has 0 fully saturated rings. The predicted molar refractivity (Wildman–Crippen MR) is 122 cm³/mol. The number of esters is 1. The number of hydrogen-bond donors (Lipinski definition) is 1. The standard InChI is InChI=1S/C24H29NO4S/c1-4-15-29-18-11-7-6-10-17(18)13-14-20(26)25-23-22(24(27)28-5-2)21-16(3)9-8-12-19(21)30-23/h6-7,10-11,13-14,16H,4-5,8-9,12,15H2,1-3H3,(H,25,26). The van der Waals surface area contributed by atoms with Crippen molar-refractivity contribution in [2.45, 2.75) is 52.4 Å². The summed E-state index contributed by atoms with van der Waals surface area (Å²) in [7, 11) is 0. The fraction of sp³-hybridized carbons (Fsp3) is 0.417. The summed E-state index contributed by atoms with van der Waals surface area (Å²) in [5, 5.41) is 3.49. The first-order valence-corrected chi connectivity index (χ1v) is 11.4. The van der Waals surface area contributed by atoms with Crippen LogP contribution in [0.5, 0.6) is 5.75 Å². The summed E-state index contributed by atoms with van der Waals surface area (Å²) >= 11 is 1.49. The molecule has 1 aliphatic rings. The van der Waals surface area contributed by atoms with Crippen molar-refractivity contribution in [3.8, 4) is 5.75 Å². The molecule has 160 valence electrons. The number of carbonyl (C=O) groups excluding carboxylic acids is 2. The number of carbonyl (C=O) groups is 2. The molecule has 5 nitrogen and oxygen atoms in total. The summed E-state index contributed by atoms with van der Waals surface area (Å²) in [5.74, 6) is 0.391. The molecule has 1 aromatic carbocycles. The molecule has 1 aliphatic carbocycles. The number of hydrogen-bond acceptors (Lipinski definition) is 5. The van der Waals surface area contributed by atoms with Gasteiger partial charge in [0.05, 0.1) is 18.8 Å². The van der Waals surface area contributed by atoms with E-state index in [4.69, 9.17) is 9.47 Å². The molecule has 0 saturated heterocycles. The third-order valence-corrected chi connectivity index (χ3v) is 6.25. The minimum absolute atomic E-state index is 0.280. The van der Waals surface area contributed by atoms with Crippen LogP contribution in [0.2, 0.25) is 0 Å². The number of rotatable bonds is 8. The lowest BCUT2D eigenvalue weighted by molar-refractivity contribution is -0.111. The lowest BCUT2D eigenvalue weighted by Crippen LogP contribution is -2.15. The van der Waals surface area contributed by atoms with Crippen LogP contribution in [-0.4, -0.2) is 25.1 Å². The second kappa shape index (κ2) is 10.4. The van der Waals surface area contributed by atoms with Gasteiger partial charge in [-0.1, -0.05) is 32.0 Å². The van der Waals surface area contributed by atoms with Gasteiger partial charge in [-0.05, 0) is 56.2 Å². The van der Waals surface area contributed by atoms with Crippen molar-refractivity contribution in [3.63, 3.8) is 0 Å². The number of anilines is 1. The summed E-state index contributed by atoms with van der Waals surface area (Å²) in [5.41, 5.74) is 2.41. The zero-order chi connectivity index (χ0) is 21.5. The lowest BCUT2D eigenvalue weighted by Gasteiger charge is -2.19. The third kappa shape index (κ3) is 5.11. The molecule has 0 radical (unpaired) electrons. The van der Waals surface area contributed by atoms with Gasteiger partial charge in [-0.3, -0.25) is 4.79 Å². The van der Waals surface area contributed by atoms with E-state index in [2.05, 4.69) is 19.2 Å². The van der Waals surface area contributed by atoms with Crippen molar-refractivity contribution in [3.05, 3.63) is 51.9 Å². The zero-order valence-corrected chi connectivity index (χ0v) is 18.6. The topological polar surface area (TPSA) is 64.6 Å². The van der Waals surface area contributed by atoms with Crippen molar-refractivity contribution in [2.24, 2.45) is 0 Å². The number of para-hydroxylation sites is 1. The second-order valence-electron chi connectivity index (χ2n) is 7.37. The second-order valence-corrected chi connectivity index (χ2v) is 8.47. The Bertz CT molecular complexity index is 931. The van der Waals surface area contributed by atoms with E-state index in [1.54, 1.807) is 13.0 Å². The fourth-order valence-electron chi connectivity index (χ4n) is 3.69. The van der Waals surface area contributed by atoms with Crippen LogP contribution in [0.3, 0.4) is 0 Å². The monoisotopic (exact) mass is 427 g/mol. The number of thiophene rings is 1. The number of fused-ring (bicyclic) bond motifs is 1. The van der Waals surface area contributed by atoms with Crippen LogP contribution < -0.4 is 10.1 Å². The van der Waals surface area contributed by atoms with Crippen LogP contribution in [0.15, 0.2) is 30.3 Å². The molecular weight excluding hydrogens is 398 g/mol. The molecule has 3 rings (SSSR count). The molecule has 1 N–H and O–H groups in total. The number of aryl methyl sites for hydroxylation is 1. The van der Waals surface area contributed by atoms with Crippen LogP contribution in [0.4, 0.5) is 5.00 Å². The first-order valence-electron chi connectivity index (χ1n) is 10.6. The molecule has 1 unspecified atom stereocenters. The summed E-state index contributed by atoms with van der Waals surface area (Å²) in [4.78, 5) is 26.5. The first-order chi connectivity index (χ1) is 14.5. The quantitative estimate of drug-likeness (QED) is 0.427. The lowest BCUT2D eigenvalue weighted by atomic mass is 9.86. The molecule has 1 amide bonds. The molecule has 0 spiro atoms. The molecule has 1 heterocycles. The minimum atomic E-state index is -0.360. The molecular formula is C24H29NO4S. The van der Waals surface area contributed by atoms with Gasteiger partial charge in [-0.2, -0.15) is 0 Å². The van der Waals surface area contributed by atoms with Gasteiger partial charge in [0, 0.05) is 16.5 Å². The van der Waals surface area contributed by atoms with Crippen LogP contribution >= 0.6 is 11.3 Å². The van der Waals surface area contributed by atoms with E-state index in [0.29, 0.717) is 23.8 Å². The molecule has 2 aromatic rings. The maximum Gasteiger partial charge on any atom is 0.341 e. The Hall–Kier alpha value is -2.60. The van der Waals surface area contributed by atoms with Crippen molar-refractivity contribution >= 4 is 34.3 Å². The van der Waals surface area contributed by atoms with Crippen LogP contribution in [0.1, 0.15) is 72.3 Å². The van der Waals surface area contributed by atoms with Crippen molar-refractivity contribution in [2.75, 3.05) is 18.5 Å². The Labute approximate surface area is 182 Å². The maximum absolute atomic E-state index is 12.7. The van der Waals surface area contributed by atoms with Crippen LogP contribution in [-0.2, 0) is 16.0 Å². The normalized spacial score (nSPS) is 15.6. The molecule has 6 heteroatoms. The molecule has 0 saturated carbocycles. The highest BCUT2D eigenvalue weighted by Gasteiger charge is 2.30. The van der Waals surface area contributed by atoms with Gasteiger partial charge in [0.2, 0.25) is 5.91 Å². The Morgan fingerprint density at radius 2 is 2.07 bits per heavy atom. The van der Waals surface area contributed by atoms with Gasteiger partial charge < -0.3 is 14.8 Å². The maximum atomic E-state index is 12.7. The average Bonchev–Trinajstić information content (AvgIpc) is 3.10. The molecule has 30 heavy (non-hydrogen) atoms. The van der Waals surface area contributed by atoms with Crippen LogP contribution in [0, 0.1) is 0 Å². The number of nitrogens with one attached hydrogen (secondary N) is 1. The van der Waals surface area contributed by atoms with Gasteiger partial charge in [-0.15, -0.1) is 11.3 Å². The van der Waals surface area contributed by atoms with E-state index in [9.17, 15) is 9.59 Å². The highest BCUT2D eigenvalue weighted by atomic mass is 32.1. The van der Waals surface area contributed by atoms with Gasteiger partial charge in [0.1, 0.15) is 10.8 Å². The van der Waals surface area contributed by atoms with E-state index in [1.807, 2.05) is 24.3 Å². The SMILES string of the molecule is CCCOc1ccccc1C=CC(=O)Nc1sc2c(c1C(=O)OCC)C(C)CCC2. The predicted octanol–water partition coefficient (Wildman–Crippen LogP) is 5.81. The summed E-state index contributed by atoms with van der Waals surface area (Å²) in [6.45, 7) is 6.90. The van der Waals surface area contributed by atoms with Gasteiger partial charge >= 0.3 is 5.97 Å². The zero-order valence-electron chi connectivity index (χ0n) is 17.8. The Morgan fingerprint density at radius 3 is 2.83 bits per heavy atom. The highest BCUT2D eigenvalue weighted by molar-refractivity contribution is 7.17. The molecule has 0 bridgehead atoms. The smallest absolute Gasteiger partial charge is 0.341 e. The van der Waals surface area contributed by atoms with Crippen LogP contribution in [0.25, 0.3) is 6.08 Å². The average molecular weight is 428 g/mol. The first kappa shape index (κ1) is 22.1. The van der Waals surface area contributed by atoms with Gasteiger partial charge in [-0.25, -0.2) is 4.79 Å². The van der Waals surface area contributed by atoms with E-state index in [1.165, 1.54) is 22.3 Å². The Morgan fingerprint density at radius 1 is 1.27 bits per heavy atom. The van der Waals surface area contributed by atoms with Crippen molar-refractivity contribution in [1.29, 1.82) is 0 Å². The van der Waals surface area contributed by atoms with Gasteiger partial charge in [0.25, 0.3) is 0 Å². The van der Waals surface area contributed by atoms with Gasteiger partial charge in [0.15, 0.2) is 0 Å². The van der Waals surface area contributed by atoms with Crippen molar-refractivity contribution < 1.29 is 19.1 Å². The molecule has 0 aliphatic heterocycles. The minimum Gasteiger partial charge on any atom is -0.493 e. The molecule has 1 atom stereocenters. The summed E-state index contributed by atoms with van der Waals surface area (Å²) in [6.07, 6.45) is 7.20. The van der Waals surface area contributed by atoms with Crippen molar-refractivity contribution in [1.82, 2.24) is 0 Å². The number of amides is 1. The summed E-state index contributed by atoms with van der Waals surface area (Å²) < 4.78 is 11.0. The number of ether oxygens (including phenoxy) is 2. The van der Waals surface area contributed by atoms with E-state index in [0.717, 1.165) is 42.6 Å². The van der Waals surface area contributed by atoms with E-state index < -0.39 is 0 Å². The fourth-order valence-corrected chi connectivity index (χ4v) is 5.04. The number of benzene rings is 1. The largest absolute Gasteiger partial charge is 0.493 e. The van der Waals surface area contributed by atoms with E-state index in [-0.39, 0.29) is 17.8 Å².